The monoisotopic (exact) mass is 308 g/mol. The second-order valence-electron chi connectivity index (χ2n) is 4.55. The lowest BCUT2D eigenvalue weighted by molar-refractivity contribution is -0.142. The molecular weight excluding hydrogens is 296 g/mol. The molecule has 1 heterocycles. The molecule has 0 spiro atoms. The maximum Gasteiger partial charge on any atom is 0.315 e. The van der Waals surface area contributed by atoms with Gasteiger partial charge < -0.3 is 5.11 Å². The number of carboxylic acids is 1. The number of halogens is 1. The number of nitrogens with zero attached hydrogens (tertiary/aromatic N) is 2. The van der Waals surface area contributed by atoms with Crippen molar-refractivity contribution in [3.05, 3.63) is 46.7 Å². The molecule has 0 aliphatic rings. The summed E-state index contributed by atoms with van der Waals surface area (Å²) in [6.07, 6.45) is 1.77. The van der Waals surface area contributed by atoms with E-state index in [1.807, 2.05) is 24.3 Å². The fourth-order valence-electron chi connectivity index (χ4n) is 1.50. The largest absolute Gasteiger partial charge is 0.481 e. The maximum absolute atomic E-state index is 11.2. The third kappa shape index (κ3) is 2.31. The molecule has 0 unspecified atom stereocenters. The van der Waals surface area contributed by atoms with Crippen LogP contribution >= 0.6 is 15.9 Å². The highest BCUT2D eigenvalue weighted by molar-refractivity contribution is 9.10. The SMILES string of the molecule is CC(C)(C(=O)O)c1ccn(-c2ccc(Br)cc2)n1. The van der Waals surface area contributed by atoms with Crippen molar-refractivity contribution in [3.63, 3.8) is 0 Å². The third-order valence-electron chi connectivity index (χ3n) is 2.86. The Bertz CT molecular complexity index is 573. The van der Waals surface area contributed by atoms with Gasteiger partial charge in [-0.3, -0.25) is 4.79 Å². The molecule has 1 aromatic heterocycles. The number of rotatable bonds is 3. The minimum Gasteiger partial charge on any atom is -0.481 e. The third-order valence-corrected chi connectivity index (χ3v) is 3.38. The Labute approximate surface area is 113 Å². The molecule has 5 heteroatoms. The number of hydrogen-bond acceptors (Lipinski definition) is 2. The van der Waals surface area contributed by atoms with E-state index in [-0.39, 0.29) is 0 Å². The molecule has 4 nitrogen and oxygen atoms in total. The number of aromatic nitrogens is 2. The zero-order valence-corrected chi connectivity index (χ0v) is 11.7. The summed E-state index contributed by atoms with van der Waals surface area (Å²) in [4.78, 5) is 11.2. The van der Waals surface area contributed by atoms with Crippen molar-refractivity contribution in [2.45, 2.75) is 19.3 Å². The van der Waals surface area contributed by atoms with E-state index in [4.69, 9.17) is 5.11 Å². The highest BCUT2D eigenvalue weighted by atomic mass is 79.9. The Morgan fingerprint density at radius 1 is 1.28 bits per heavy atom. The van der Waals surface area contributed by atoms with Crippen LogP contribution < -0.4 is 0 Å². The molecular formula is C13H13BrN2O2. The first-order chi connectivity index (χ1) is 8.41. The van der Waals surface area contributed by atoms with Crippen molar-refractivity contribution in [3.8, 4) is 5.69 Å². The quantitative estimate of drug-likeness (QED) is 0.948. The van der Waals surface area contributed by atoms with Gasteiger partial charge in [-0.25, -0.2) is 4.68 Å². The molecule has 18 heavy (non-hydrogen) atoms. The molecule has 1 N–H and O–H groups in total. The lowest BCUT2D eigenvalue weighted by Gasteiger charge is -2.15. The average molecular weight is 309 g/mol. The van der Waals surface area contributed by atoms with E-state index in [2.05, 4.69) is 21.0 Å². The zero-order chi connectivity index (χ0) is 13.3. The van der Waals surface area contributed by atoms with Gasteiger partial charge in [0, 0.05) is 10.7 Å². The van der Waals surface area contributed by atoms with Gasteiger partial charge in [-0.1, -0.05) is 15.9 Å². The number of hydrogen-bond donors (Lipinski definition) is 1. The summed E-state index contributed by atoms with van der Waals surface area (Å²) in [5, 5.41) is 13.5. The fraction of sp³-hybridized carbons (Fsp3) is 0.231. The number of carbonyl (C=O) groups is 1. The smallest absolute Gasteiger partial charge is 0.315 e. The highest BCUT2D eigenvalue weighted by Crippen LogP contribution is 2.22. The first kappa shape index (κ1) is 12.8. The van der Waals surface area contributed by atoms with Crippen LogP contribution in [0.25, 0.3) is 5.69 Å². The van der Waals surface area contributed by atoms with E-state index in [1.54, 1.807) is 30.8 Å². The molecule has 0 atom stereocenters. The summed E-state index contributed by atoms with van der Waals surface area (Å²) < 4.78 is 2.66. The first-order valence-electron chi connectivity index (χ1n) is 5.47. The second-order valence-corrected chi connectivity index (χ2v) is 5.47. The molecule has 0 aliphatic carbocycles. The van der Waals surface area contributed by atoms with E-state index in [0.29, 0.717) is 5.69 Å². The van der Waals surface area contributed by atoms with Crippen molar-refractivity contribution in [1.29, 1.82) is 0 Å². The van der Waals surface area contributed by atoms with E-state index < -0.39 is 11.4 Å². The molecule has 0 fully saturated rings. The number of benzene rings is 1. The predicted octanol–water partition coefficient (Wildman–Crippen LogP) is 3.00. The van der Waals surface area contributed by atoms with E-state index in [1.165, 1.54) is 0 Å². The van der Waals surface area contributed by atoms with Crippen molar-refractivity contribution in [2.24, 2.45) is 0 Å². The van der Waals surface area contributed by atoms with Crippen LogP contribution in [0.4, 0.5) is 0 Å². The van der Waals surface area contributed by atoms with Crippen molar-refractivity contribution >= 4 is 21.9 Å². The van der Waals surface area contributed by atoms with Gasteiger partial charge in [0.15, 0.2) is 0 Å². The summed E-state index contributed by atoms with van der Waals surface area (Å²) >= 11 is 3.37. The van der Waals surface area contributed by atoms with Gasteiger partial charge in [-0.15, -0.1) is 0 Å². The minimum absolute atomic E-state index is 0.540. The molecule has 94 valence electrons. The summed E-state index contributed by atoms with van der Waals surface area (Å²) in [7, 11) is 0. The van der Waals surface area contributed by atoms with Crippen LogP contribution in [-0.2, 0) is 10.2 Å². The van der Waals surface area contributed by atoms with E-state index in [0.717, 1.165) is 10.2 Å². The molecule has 0 amide bonds. The second kappa shape index (κ2) is 4.57. The summed E-state index contributed by atoms with van der Waals surface area (Å²) in [6.45, 7) is 3.28. The van der Waals surface area contributed by atoms with Crippen LogP contribution in [0.15, 0.2) is 41.0 Å². The van der Waals surface area contributed by atoms with Gasteiger partial charge in [-0.05, 0) is 44.2 Å². The van der Waals surface area contributed by atoms with Crippen LogP contribution in [-0.4, -0.2) is 20.9 Å². The molecule has 0 saturated heterocycles. The van der Waals surface area contributed by atoms with Crippen molar-refractivity contribution in [2.75, 3.05) is 0 Å². The Morgan fingerprint density at radius 3 is 2.44 bits per heavy atom. The van der Waals surface area contributed by atoms with Gasteiger partial charge in [0.05, 0.1) is 11.4 Å². The maximum atomic E-state index is 11.2. The molecule has 1 aromatic carbocycles. The van der Waals surface area contributed by atoms with Crippen molar-refractivity contribution in [1.82, 2.24) is 9.78 Å². The Morgan fingerprint density at radius 2 is 1.89 bits per heavy atom. The average Bonchev–Trinajstić information content (AvgIpc) is 2.79. The molecule has 2 aromatic rings. The molecule has 2 rings (SSSR count). The van der Waals surface area contributed by atoms with Gasteiger partial charge in [0.25, 0.3) is 0 Å². The first-order valence-corrected chi connectivity index (χ1v) is 6.26. The summed E-state index contributed by atoms with van der Waals surface area (Å²) in [5.74, 6) is -0.886. The number of aliphatic carboxylic acids is 1. The molecule has 0 saturated carbocycles. The van der Waals surface area contributed by atoms with Gasteiger partial charge in [-0.2, -0.15) is 5.10 Å². The van der Waals surface area contributed by atoms with Crippen LogP contribution in [0.2, 0.25) is 0 Å². The van der Waals surface area contributed by atoms with Crippen LogP contribution in [0.5, 0.6) is 0 Å². The highest BCUT2D eigenvalue weighted by Gasteiger charge is 2.31. The lowest BCUT2D eigenvalue weighted by Crippen LogP contribution is -2.29. The van der Waals surface area contributed by atoms with Crippen LogP contribution in [0.1, 0.15) is 19.5 Å². The van der Waals surface area contributed by atoms with Gasteiger partial charge in [0.2, 0.25) is 0 Å². The topological polar surface area (TPSA) is 55.1 Å². The normalized spacial score (nSPS) is 11.5. The van der Waals surface area contributed by atoms with E-state index >= 15 is 0 Å². The van der Waals surface area contributed by atoms with E-state index in [9.17, 15) is 4.79 Å². The Balaban J connectivity index is 2.37. The van der Waals surface area contributed by atoms with Crippen molar-refractivity contribution < 1.29 is 9.90 Å². The lowest BCUT2D eigenvalue weighted by atomic mass is 9.90. The number of carboxylic acid groups (broad SMARTS) is 1. The summed E-state index contributed by atoms with van der Waals surface area (Å²) in [5.41, 5.74) is 0.448. The fourth-order valence-corrected chi connectivity index (χ4v) is 1.77. The minimum atomic E-state index is -0.986. The summed E-state index contributed by atoms with van der Waals surface area (Å²) in [6, 6.07) is 9.39. The van der Waals surface area contributed by atoms with Gasteiger partial charge in [0.1, 0.15) is 5.41 Å². The zero-order valence-electron chi connectivity index (χ0n) is 10.1. The Kier molecular flexibility index (Phi) is 3.26. The van der Waals surface area contributed by atoms with Crippen LogP contribution in [0.3, 0.4) is 0 Å². The molecule has 0 bridgehead atoms. The predicted molar refractivity (Wildman–Crippen MR) is 71.9 cm³/mol. The van der Waals surface area contributed by atoms with Crippen LogP contribution in [0, 0.1) is 0 Å². The standard InChI is InChI=1S/C13H13BrN2O2/c1-13(2,12(17)18)11-7-8-16(15-11)10-5-3-9(14)4-6-10/h3-8H,1-2H3,(H,17,18). The Hall–Kier alpha value is -1.62. The molecule has 0 radical (unpaired) electrons. The van der Waals surface area contributed by atoms with Gasteiger partial charge >= 0.3 is 5.97 Å². The molecule has 0 aliphatic heterocycles.